The number of aliphatic carboxylic acids is 5. The molecule has 4 unspecified atom stereocenters. The van der Waals surface area contributed by atoms with Crippen molar-refractivity contribution < 1.29 is 121 Å². The van der Waals surface area contributed by atoms with E-state index in [0.29, 0.717) is 11.1 Å². The topological polar surface area (TPSA) is 325 Å². The Bertz CT molecular complexity index is 1380. The van der Waals surface area contributed by atoms with Crippen molar-refractivity contribution in [1.29, 1.82) is 0 Å². The van der Waals surface area contributed by atoms with E-state index < -0.39 is 92.6 Å². The molecule has 55 heavy (non-hydrogen) atoms. The van der Waals surface area contributed by atoms with Crippen molar-refractivity contribution in [3.8, 4) is 0 Å². The summed E-state index contributed by atoms with van der Waals surface area (Å²) in [6.45, 7) is -0.601. The van der Waals surface area contributed by atoms with Gasteiger partial charge in [-0.1, -0.05) is 60.7 Å². The van der Waals surface area contributed by atoms with Crippen LogP contribution < -0.4 is 30.5 Å². The molecule has 2 rings (SSSR count). The fourth-order valence-electron chi connectivity index (χ4n) is 5.24. The summed E-state index contributed by atoms with van der Waals surface area (Å²) in [7, 11) is 0. The van der Waals surface area contributed by atoms with E-state index in [1.807, 2.05) is 0 Å². The number of hydrogen-bond acceptors (Lipinski definition) is 18. The van der Waals surface area contributed by atoms with Crippen LogP contribution in [0.2, 0.25) is 0 Å². The molecule has 20 heteroatoms. The minimum absolute atomic E-state index is 0. The van der Waals surface area contributed by atoms with Gasteiger partial charge in [0.2, 0.25) is 0 Å². The largest absolute Gasteiger partial charge is 3.00 e. The fourth-order valence-corrected chi connectivity index (χ4v) is 5.24. The summed E-state index contributed by atoms with van der Waals surface area (Å²) in [6.07, 6.45) is -5.99. The first-order valence-corrected chi connectivity index (χ1v) is 16.6. The van der Waals surface area contributed by atoms with Crippen molar-refractivity contribution in [2.75, 3.05) is 59.0 Å². The van der Waals surface area contributed by atoms with Crippen molar-refractivity contribution in [2.45, 2.75) is 49.3 Å². The number of aliphatic hydroxyl groups is 5. The van der Waals surface area contributed by atoms with Crippen LogP contribution in [0.3, 0.4) is 0 Å². The quantitative estimate of drug-likeness (QED) is 0.0477. The molecule has 0 aliphatic heterocycles. The molecule has 0 saturated heterocycles. The Morgan fingerprint density at radius 2 is 0.982 bits per heavy atom. The maximum atomic E-state index is 11.9. The summed E-state index contributed by atoms with van der Waals surface area (Å²) in [5.41, 5.74) is 1.20. The average molecular weight is 922 g/mol. The Labute approximate surface area is 350 Å². The molecule has 2 aromatic carbocycles. The molecule has 6 atom stereocenters. The molecule has 0 bridgehead atoms. The zero-order valence-corrected chi connectivity index (χ0v) is 32.0. The molecule has 1 radical (unpaired) electrons. The Morgan fingerprint density at radius 3 is 1.29 bits per heavy atom. The molecule has 0 amide bonds. The van der Waals surface area contributed by atoms with Gasteiger partial charge in [-0.05, 0) is 24.0 Å². The molecule has 0 aliphatic carbocycles. The molecule has 0 heterocycles. The van der Waals surface area contributed by atoms with Crippen LogP contribution in [0.1, 0.15) is 12.6 Å². The van der Waals surface area contributed by atoms with E-state index in [1.54, 1.807) is 60.7 Å². The van der Waals surface area contributed by atoms with Crippen LogP contribution in [-0.2, 0) is 36.8 Å². The number of benzene rings is 2. The maximum absolute atomic E-state index is 11.9. The Balaban J connectivity index is 0. The van der Waals surface area contributed by atoms with Crippen LogP contribution >= 0.6 is 0 Å². The van der Waals surface area contributed by atoms with Gasteiger partial charge >= 0.3 is 39.9 Å². The predicted molar refractivity (Wildman–Crippen MR) is 179 cm³/mol. The molecule has 0 saturated carbocycles. The molecule has 0 spiro atoms. The second kappa shape index (κ2) is 28.0. The summed E-state index contributed by atoms with van der Waals surface area (Å²) in [5, 5.41) is 103. The van der Waals surface area contributed by atoms with Gasteiger partial charge in [0, 0.05) is 47.2 Å². The van der Waals surface area contributed by atoms with Gasteiger partial charge in [0.05, 0.1) is 48.5 Å². The first-order chi connectivity index (χ1) is 25.5. The third kappa shape index (κ3) is 20.8. The number of carboxylic acids is 5. The van der Waals surface area contributed by atoms with E-state index in [0.717, 1.165) is 9.80 Å². The van der Waals surface area contributed by atoms with Gasteiger partial charge in [0.1, 0.15) is 31.1 Å². The van der Waals surface area contributed by atoms with Crippen LogP contribution in [0.25, 0.3) is 0 Å². The number of carbonyl (C=O) groups is 5. The zero-order chi connectivity index (χ0) is 40.8. The monoisotopic (exact) mass is 922 g/mol. The smallest absolute Gasteiger partial charge is 0.549 e. The second-order valence-corrected chi connectivity index (χ2v) is 12.1. The van der Waals surface area contributed by atoms with E-state index in [1.165, 1.54) is 4.90 Å². The molecule has 0 aromatic heterocycles. The molecular weight excluding hydrogens is 874 g/mol. The minimum Gasteiger partial charge on any atom is -0.549 e. The van der Waals surface area contributed by atoms with E-state index in [-0.39, 0.29) is 86.9 Å². The second-order valence-electron chi connectivity index (χ2n) is 12.1. The van der Waals surface area contributed by atoms with Gasteiger partial charge in [-0.3, -0.25) is 19.7 Å². The first kappa shape index (κ1) is 51.5. The molecule has 0 aliphatic rings. The first-order valence-electron chi connectivity index (χ1n) is 16.6. The zero-order valence-electron chi connectivity index (χ0n) is 29.7. The Morgan fingerprint density at radius 1 is 0.618 bits per heavy atom. The van der Waals surface area contributed by atoms with Gasteiger partial charge in [-0.2, -0.15) is 0 Å². The molecular formula is C35H48GdN4O15-. The third-order valence-electron chi connectivity index (χ3n) is 8.07. The molecule has 307 valence electrons. The van der Waals surface area contributed by atoms with Crippen molar-refractivity contribution in [2.24, 2.45) is 0 Å². The molecule has 2 aromatic rings. The maximum Gasteiger partial charge on any atom is 3.00 e. The van der Waals surface area contributed by atoms with Crippen LogP contribution in [0, 0.1) is 39.9 Å². The van der Waals surface area contributed by atoms with Crippen molar-refractivity contribution in [3.63, 3.8) is 0 Å². The van der Waals surface area contributed by atoms with Crippen LogP contribution in [0.5, 0.6) is 0 Å². The summed E-state index contributed by atoms with van der Waals surface area (Å²) < 4.78 is 0. The number of nitrogens with one attached hydrogen (secondary N) is 1. The molecule has 0 fully saturated rings. The SMILES string of the molecule is C=[NH+]CC(O)C(O)C(O)C(O)CO.O=C([O-])CN(CCN(CC(=O)[O-])[C@@H](Cc1ccccc1)C(=O)[O-])CCN(CC(=O)[O-])[C@@H](Cc1ccccc1)C(=O)[O-].[Gd+3].[HH]. The molecule has 6 N–H and O–H groups in total. The van der Waals surface area contributed by atoms with Crippen LogP contribution in [0.15, 0.2) is 60.7 Å². The van der Waals surface area contributed by atoms with E-state index in [9.17, 15) is 54.6 Å². The van der Waals surface area contributed by atoms with Gasteiger partial charge in [0.25, 0.3) is 0 Å². The Hall–Kier alpha value is -3.54. The van der Waals surface area contributed by atoms with Gasteiger partial charge in [-0.15, -0.1) is 0 Å². The number of carboxylic acid groups (broad SMARTS) is 5. The summed E-state index contributed by atoms with van der Waals surface area (Å²) >= 11 is 0. The van der Waals surface area contributed by atoms with E-state index in [2.05, 4.69) is 11.7 Å². The number of aliphatic hydroxyl groups excluding tert-OH is 5. The van der Waals surface area contributed by atoms with Gasteiger partial charge in [-0.25, -0.2) is 0 Å². The number of rotatable bonds is 26. The third-order valence-corrected chi connectivity index (χ3v) is 8.07. The van der Waals surface area contributed by atoms with E-state index >= 15 is 0 Å². The van der Waals surface area contributed by atoms with Crippen molar-refractivity contribution >= 4 is 36.6 Å². The predicted octanol–water partition coefficient (Wildman–Crippen LogP) is -10.7. The number of nitrogens with zero attached hydrogens (tertiary/aromatic N) is 3. The Kier molecular flexibility index (Phi) is 26.2. The number of hydrogen-bond donors (Lipinski definition) is 6. The van der Waals surface area contributed by atoms with Crippen molar-refractivity contribution in [1.82, 2.24) is 14.7 Å². The number of carbonyl (C=O) groups excluding carboxylic acids is 5. The van der Waals surface area contributed by atoms with Crippen LogP contribution in [0.4, 0.5) is 0 Å². The van der Waals surface area contributed by atoms with Gasteiger partial charge in [0.15, 0.2) is 6.54 Å². The molecule has 19 nitrogen and oxygen atoms in total. The summed E-state index contributed by atoms with van der Waals surface area (Å²) in [5.74, 6) is -7.72. The summed E-state index contributed by atoms with van der Waals surface area (Å²) in [6, 6.07) is 14.0. The van der Waals surface area contributed by atoms with Crippen LogP contribution in [-0.4, -0.2) is 172 Å². The fraction of sp³-hybridized carbons (Fsp3) is 0.486. The van der Waals surface area contributed by atoms with Crippen molar-refractivity contribution in [3.05, 3.63) is 71.8 Å². The normalized spacial score (nSPS) is 14.3. The standard InChI is InChI=1S/C28H35N3O10.C7H15NO5.Gd.H2/c32-24(33)17-29(11-13-30(18-25(34)35)22(27(38)39)15-20-7-3-1-4-8-20)12-14-31(19-26(36)37)23(28(40)41)16-21-9-5-2-6-10-21;1-8-2-4(10)6(12)7(13)5(11)3-9;;/h1-10,22-23H,11-19H2,(H,32,33)(H,34,35)(H,36,37)(H,38,39)(H,40,41);4-7,9-13H,1-3H2;;1H/q;;+3;/p-4/t22-,23-;;;/m0.../s1. The van der Waals surface area contributed by atoms with Gasteiger partial charge < -0.3 is 75.0 Å². The summed E-state index contributed by atoms with van der Waals surface area (Å²) in [4.78, 5) is 63.9. The van der Waals surface area contributed by atoms with E-state index in [4.69, 9.17) is 20.4 Å². The average Bonchev–Trinajstić information content (AvgIpc) is 3.12. The minimum atomic E-state index is -1.58.